The quantitative estimate of drug-likeness (QED) is 0.685. The number of aromatic nitrogens is 1. The number of nitrogens with one attached hydrogen (secondary N) is 1. The number of hydrogen-bond donors (Lipinski definition) is 2. The first-order valence-electron chi connectivity index (χ1n) is 4.69. The predicted molar refractivity (Wildman–Crippen MR) is 54.7 cm³/mol. The van der Waals surface area contributed by atoms with Crippen molar-refractivity contribution in [2.45, 2.75) is 6.42 Å². The summed E-state index contributed by atoms with van der Waals surface area (Å²) in [6.07, 6.45) is 1.65. The molecule has 2 heterocycles. The van der Waals surface area contributed by atoms with Gasteiger partial charge >= 0.3 is 5.97 Å². The van der Waals surface area contributed by atoms with Gasteiger partial charge in [0.05, 0.1) is 11.4 Å². The third kappa shape index (κ3) is 1.90. The summed E-state index contributed by atoms with van der Waals surface area (Å²) in [7, 11) is 0. The van der Waals surface area contributed by atoms with Gasteiger partial charge in [-0.3, -0.25) is 14.6 Å². The number of carboxylic acids is 1. The molecule has 1 unspecified atom stereocenters. The predicted octanol–water partition coefficient (Wildman–Crippen LogP) is 0.00640. The normalized spacial score (nSPS) is 19.9. The molecule has 1 aromatic rings. The summed E-state index contributed by atoms with van der Waals surface area (Å²) in [5, 5.41) is 12.6. The molecule has 1 aromatic heterocycles. The second-order valence-electron chi connectivity index (χ2n) is 3.34. The molecule has 6 heteroatoms. The van der Waals surface area contributed by atoms with Crippen LogP contribution in [0.1, 0.15) is 12.1 Å². The van der Waals surface area contributed by atoms with Crippen LogP contribution in [0, 0.1) is 5.92 Å². The van der Waals surface area contributed by atoms with Crippen molar-refractivity contribution in [2.24, 2.45) is 11.0 Å². The SMILES string of the molecule is O=C(O)C1CC(c2ccccn2)=NNC1=O. The van der Waals surface area contributed by atoms with Crippen LogP contribution >= 0.6 is 0 Å². The summed E-state index contributed by atoms with van der Waals surface area (Å²) >= 11 is 0. The molecule has 0 radical (unpaired) electrons. The highest BCUT2D eigenvalue weighted by atomic mass is 16.4. The van der Waals surface area contributed by atoms with Crippen LogP contribution in [-0.4, -0.2) is 27.7 Å². The van der Waals surface area contributed by atoms with E-state index >= 15 is 0 Å². The number of rotatable bonds is 2. The lowest BCUT2D eigenvalue weighted by atomic mass is 9.98. The number of carbonyl (C=O) groups is 2. The zero-order valence-corrected chi connectivity index (χ0v) is 8.25. The van der Waals surface area contributed by atoms with Crippen molar-refractivity contribution in [2.75, 3.05) is 0 Å². The molecule has 0 bridgehead atoms. The molecule has 0 aromatic carbocycles. The van der Waals surface area contributed by atoms with E-state index in [2.05, 4.69) is 15.5 Å². The number of aliphatic carboxylic acids is 1. The Morgan fingerprint density at radius 1 is 1.50 bits per heavy atom. The van der Waals surface area contributed by atoms with Gasteiger partial charge in [-0.1, -0.05) is 6.07 Å². The summed E-state index contributed by atoms with van der Waals surface area (Å²) in [4.78, 5) is 26.0. The van der Waals surface area contributed by atoms with Crippen molar-refractivity contribution in [1.82, 2.24) is 10.4 Å². The maximum atomic E-state index is 11.2. The fraction of sp³-hybridized carbons (Fsp3) is 0.200. The molecule has 0 aliphatic carbocycles. The minimum atomic E-state index is -1.15. The molecule has 2 N–H and O–H groups in total. The minimum Gasteiger partial charge on any atom is -0.481 e. The zero-order chi connectivity index (χ0) is 11.5. The van der Waals surface area contributed by atoms with Gasteiger partial charge in [0.2, 0.25) is 0 Å². The van der Waals surface area contributed by atoms with Crippen LogP contribution in [0.2, 0.25) is 0 Å². The smallest absolute Gasteiger partial charge is 0.316 e. The average Bonchev–Trinajstić information content (AvgIpc) is 2.30. The molecule has 1 atom stereocenters. The number of carboxylic acid groups (broad SMARTS) is 1. The summed E-state index contributed by atoms with van der Waals surface area (Å²) < 4.78 is 0. The van der Waals surface area contributed by atoms with Crippen molar-refractivity contribution in [1.29, 1.82) is 0 Å². The first-order chi connectivity index (χ1) is 7.68. The van der Waals surface area contributed by atoms with Crippen LogP contribution in [0.15, 0.2) is 29.5 Å². The Kier molecular flexibility index (Phi) is 2.63. The second-order valence-corrected chi connectivity index (χ2v) is 3.34. The van der Waals surface area contributed by atoms with Crippen molar-refractivity contribution in [3.63, 3.8) is 0 Å². The van der Waals surface area contributed by atoms with Crippen LogP contribution in [-0.2, 0) is 9.59 Å². The number of hydrazone groups is 1. The summed E-state index contributed by atoms with van der Waals surface area (Å²) in [5.74, 6) is -2.83. The highest BCUT2D eigenvalue weighted by Crippen LogP contribution is 2.13. The lowest BCUT2D eigenvalue weighted by Gasteiger charge is -2.17. The molecule has 2 rings (SSSR count). The number of nitrogens with zero attached hydrogens (tertiary/aromatic N) is 2. The minimum absolute atomic E-state index is 0.0676. The Balaban J connectivity index is 2.26. The van der Waals surface area contributed by atoms with Gasteiger partial charge in [0.1, 0.15) is 5.92 Å². The maximum absolute atomic E-state index is 11.2. The van der Waals surface area contributed by atoms with Crippen molar-refractivity contribution < 1.29 is 14.7 Å². The Morgan fingerprint density at radius 3 is 2.94 bits per heavy atom. The topological polar surface area (TPSA) is 91.7 Å². The number of carbonyl (C=O) groups excluding carboxylic acids is 1. The molecule has 0 fully saturated rings. The molecule has 0 saturated heterocycles. The van der Waals surface area contributed by atoms with Crippen molar-refractivity contribution >= 4 is 17.6 Å². The molecular formula is C10H9N3O3. The highest BCUT2D eigenvalue weighted by molar-refractivity contribution is 6.09. The Hall–Kier alpha value is -2.24. The zero-order valence-electron chi connectivity index (χ0n) is 8.25. The first kappa shape index (κ1) is 10.3. The van der Waals surface area contributed by atoms with E-state index in [1.54, 1.807) is 24.4 Å². The van der Waals surface area contributed by atoms with Crippen LogP contribution in [0.4, 0.5) is 0 Å². The summed E-state index contributed by atoms with van der Waals surface area (Å²) in [6.45, 7) is 0. The van der Waals surface area contributed by atoms with Gasteiger partial charge in [-0.15, -0.1) is 0 Å². The first-order valence-corrected chi connectivity index (χ1v) is 4.69. The van der Waals surface area contributed by atoms with E-state index in [-0.39, 0.29) is 6.42 Å². The van der Waals surface area contributed by atoms with Gasteiger partial charge in [-0.05, 0) is 12.1 Å². The lowest BCUT2D eigenvalue weighted by Crippen LogP contribution is -2.39. The molecule has 16 heavy (non-hydrogen) atoms. The molecule has 6 nitrogen and oxygen atoms in total. The van der Waals surface area contributed by atoms with E-state index < -0.39 is 17.8 Å². The fourth-order valence-corrected chi connectivity index (χ4v) is 1.43. The van der Waals surface area contributed by atoms with Gasteiger partial charge < -0.3 is 5.11 Å². The van der Waals surface area contributed by atoms with Crippen LogP contribution in [0.3, 0.4) is 0 Å². The second kappa shape index (κ2) is 4.09. The van der Waals surface area contributed by atoms with E-state index in [1.807, 2.05) is 0 Å². The van der Waals surface area contributed by atoms with E-state index in [0.29, 0.717) is 11.4 Å². The van der Waals surface area contributed by atoms with Gasteiger partial charge in [0.25, 0.3) is 5.91 Å². The summed E-state index contributed by atoms with van der Waals surface area (Å²) in [5.41, 5.74) is 3.25. The average molecular weight is 219 g/mol. The number of hydrogen-bond acceptors (Lipinski definition) is 4. The van der Waals surface area contributed by atoms with Gasteiger partial charge in [-0.2, -0.15) is 5.10 Å². The third-order valence-corrected chi connectivity index (χ3v) is 2.27. The number of amides is 1. The maximum Gasteiger partial charge on any atom is 0.316 e. The van der Waals surface area contributed by atoms with Gasteiger partial charge in [0, 0.05) is 12.6 Å². The van der Waals surface area contributed by atoms with Gasteiger partial charge in [-0.25, -0.2) is 5.43 Å². The van der Waals surface area contributed by atoms with Gasteiger partial charge in [0.15, 0.2) is 0 Å². The highest BCUT2D eigenvalue weighted by Gasteiger charge is 2.31. The third-order valence-electron chi connectivity index (χ3n) is 2.27. The van der Waals surface area contributed by atoms with Crippen LogP contribution in [0.25, 0.3) is 0 Å². The molecular weight excluding hydrogens is 210 g/mol. The van der Waals surface area contributed by atoms with E-state index in [9.17, 15) is 9.59 Å². The van der Waals surface area contributed by atoms with Crippen molar-refractivity contribution in [3.8, 4) is 0 Å². The summed E-state index contributed by atoms with van der Waals surface area (Å²) in [6, 6.07) is 5.24. The molecule has 1 amide bonds. The Morgan fingerprint density at radius 2 is 2.31 bits per heavy atom. The van der Waals surface area contributed by atoms with E-state index in [0.717, 1.165) is 0 Å². The van der Waals surface area contributed by atoms with E-state index in [1.165, 1.54) is 0 Å². The largest absolute Gasteiger partial charge is 0.481 e. The van der Waals surface area contributed by atoms with E-state index in [4.69, 9.17) is 5.11 Å². The molecule has 0 saturated carbocycles. The number of pyridine rings is 1. The standard InChI is InChI=1S/C10H9N3O3/c14-9-6(10(15)16)5-8(12-13-9)7-3-1-2-4-11-7/h1-4,6H,5H2,(H,13,14)(H,15,16). The fourth-order valence-electron chi connectivity index (χ4n) is 1.43. The Labute approximate surface area is 91.0 Å². The molecule has 1 aliphatic heterocycles. The monoisotopic (exact) mass is 219 g/mol. The lowest BCUT2D eigenvalue weighted by molar-refractivity contribution is -0.146. The molecule has 82 valence electrons. The molecule has 0 spiro atoms. The Bertz CT molecular complexity index is 456. The van der Waals surface area contributed by atoms with Crippen LogP contribution in [0.5, 0.6) is 0 Å². The van der Waals surface area contributed by atoms with Crippen molar-refractivity contribution in [3.05, 3.63) is 30.1 Å². The van der Waals surface area contributed by atoms with Crippen LogP contribution < -0.4 is 5.43 Å². The molecule has 1 aliphatic rings.